The fraction of sp³-hybridized carbons (Fsp3) is 0.462. The van der Waals surface area contributed by atoms with Crippen molar-refractivity contribution in [2.45, 2.75) is 6.54 Å². The van der Waals surface area contributed by atoms with Crippen LogP contribution in [0.2, 0.25) is 0 Å². The zero-order valence-corrected chi connectivity index (χ0v) is 11.3. The molecule has 2 N–H and O–H groups in total. The predicted molar refractivity (Wildman–Crippen MR) is 75.1 cm³/mol. The van der Waals surface area contributed by atoms with Crippen molar-refractivity contribution in [3.8, 4) is 0 Å². The average Bonchev–Trinajstić information content (AvgIpc) is 2.31. The van der Waals surface area contributed by atoms with Gasteiger partial charge in [-0.15, -0.1) is 0 Å². The molecular weight excluding hydrogens is 249 g/mol. The van der Waals surface area contributed by atoms with Crippen LogP contribution in [0, 0.1) is 5.82 Å². The lowest BCUT2D eigenvalue weighted by atomic mass is 10.1. The number of halogens is 1. The summed E-state index contributed by atoms with van der Waals surface area (Å²) in [4.78, 5) is 4.86. The molecule has 0 aromatic heterocycles. The highest BCUT2D eigenvalue weighted by Crippen LogP contribution is 2.13. The molecule has 18 heavy (non-hydrogen) atoms. The second-order valence-corrected chi connectivity index (χ2v) is 5.23. The van der Waals surface area contributed by atoms with E-state index in [0.29, 0.717) is 5.56 Å². The van der Waals surface area contributed by atoms with Crippen LogP contribution in [0.5, 0.6) is 0 Å². The molecular formula is C13H18FN3S. The lowest BCUT2D eigenvalue weighted by Gasteiger charge is -2.32. The number of rotatable bonds is 3. The SMILES string of the molecule is CN1CCN(Cc2cc(F)cc(C(N)=S)c2)CC1. The van der Waals surface area contributed by atoms with Crippen molar-refractivity contribution in [3.05, 3.63) is 35.1 Å². The van der Waals surface area contributed by atoms with E-state index < -0.39 is 0 Å². The number of hydrogen-bond donors (Lipinski definition) is 1. The van der Waals surface area contributed by atoms with Gasteiger partial charge in [0.05, 0.1) is 0 Å². The molecule has 1 heterocycles. The van der Waals surface area contributed by atoms with Crippen molar-refractivity contribution in [3.63, 3.8) is 0 Å². The molecule has 0 aliphatic carbocycles. The molecule has 0 unspecified atom stereocenters. The molecule has 0 spiro atoms. The summed E-state index contributed by atoms with van der Waals surface area (Å²) in [6, 6.07) is 4.82. The molecule has 1 aliphatic heterocycles. The normalized spacial score (nSPS) is 17.9. The van der Waals surface area contributed by atoms with Crippen LogP contribution in [0.3, 0.4) is 0 Å². The summed E-state index contributed by atoms with van der Waals surface area (Å²) in [5.74, 6) is -0.274. The Labute approximate surface area is 112 Å². The summed E-state index contributed by atoms with van der Waals surface area (Å²) in [5.41, 5.74) is 7.09. The lowest BCUT2D eigenvalue weighted by molar-refractivity contribution is 0.148. The highest BCUT2D eigenvalue weighted by Gasteiger charge is 2.14. The van der Waals surface area contributed by atoms with Crippen LogP contribution in [0.25, 0.3) is 0 Å². The maximum atomic E-state index is 13.5. The van der Waals surface area contributed by atoms with E-state index in [1.807, 2.05) is 6.07 Å². The summed E-state index contributed by atoms with van der Waals surface area (Å²) in [6.45, 7) is 4.88. The van der Waals surface area contributed by atoms with Gasteiger partial charge in [0.25, 0.3) is 0 Å². The Balaban J connectivity index is 2.07. The second kappa shape index (κ2) is 5.73. The molecule has 0 saturated carbocycles. The fourth-order valence-corrected chi connectivity index (χ4v) is 2.27. The van der Waals surface area contributed by atoms with Gasteiger partial charge in [-0.05, 0) is 30.8 Å². The minimum atomic E-state index is -0.274. The minimum Gasteiger partial charge on any atom is -0.389 e. The van der Waals surface area contributed by atoms with Crippen molar-refractivity contribution in [2.75, 3.05) is 33.2 Å². The zero-order chi connectivity index (χ0) is 13.1. The Morgan fingerprint density at radius 3 is 2.56 bits per heavy atom. The van der Waals surface area contributed by atoms with E-state index in [-0.39, 0.29) is 10.8 Å². The molecule has 5 heteroatoms. The third-order valence-electron chi connectivity index (χ3n) is 3.24. The Morgan fingerprint density at radius 2 is 1.94 bits per heavy atom. The van der Waals surface area contributed by atoms with Crippen molar-refractivity contribution < 1.29 is 4.39 Å². The first-order valence-corrected chi connectivity index (χ1v) is 6.45. The number of benzene rings is 1. The third-order valence-corrected chi connectivity index (χ3v) is 3.48. The van der Waals surface area contributed by atoms with Crippen LogP contribution >= 0.6 is 12.2 Å². The molecule has 3 nitrogen and oxygen atoms in total. The second-order valence-electron chi connectivity index (χ2n) is 4.79. The Hall–Kier alpha value is -1.04. The van der Waals surface area contributed by atoms with Gasteiger partial charge in [-0.1, -0.05) is 12.2 Å². The van der Waals surface area contributed by atoms with E-state index in [0.717, 1.165) is 38.3 Å². The van der Waals surface area contributed by atoms with Crippen molar-refractivity contribution in [2.24, 2.45) is 5.73 Å². The molecule has 0 amide bonds. The van der Waals surface area contributed by atoms with E-state index in [9.17, 15) is 4.39 Å². The number of likely N-dealkylation sites (N-methyl/N-ethyl adjacent to an activating group) is 1. The van der Waals surface area contributed by atoms with Gasteiger partial charge in [-0.25, -0.2) is 4.39 Å². The molecule has 0 bridgehead atoms. The number of nitrogens with zero attached hydrogens (tertiary/aromatic N) is 2. The van der Waals surface area contributed by atoms with Gasteiger partial charge in [-0.2, -0.15) is 0 Å². The summed E-state index contributed by atoms with van der Waals surface area (Å²) in [7, 11) is 2.12. The monoisotopic (exact) mass is 267 g/mol. The molecule has 1 fully saturated rings. The highest BCUT2D eigenvalue weighted by molar-refractivity contribution is 7.80. The predicted octanol–water partition coefficient (Wildman–Crippen LogP) is 1.21. The Morgan fingerprint density at radius 1 is 1.28 bits per heavy atom. The van der Waals surface area contributed by atoms with Gasteiger partial charge in [0.2, 0.25) is 0 Å². The van der Waals surface area contributed by atoms with E-state index in [2.05, 4.69) is 16.8 Å². The van der Waals surface area contributed by atoms with E-state index in [1.165, 1.54) is 6.07 Å². The maximum absolute atomic E-state index is 13.5. The van der Waals surface area contributed by atoms with Crippen LogP contribution < -0.4 is 5.73 Å². The molecule has 98 valence electrons. The number of hydrogen-bond acceptors (Lipinski definition) is 3. The highest BCUT2D eigenvalue weighted by atomic mass is 32.1. The molecule has 1 aromatic carbocycles. The van der Waals surface area contributed by atoms with E-state index in [1.54, 1.807) is 6.07 Å². The van der Waals surface area contributed by atoms with Crippen LogP contribution in [0.4, 0.5) is 4.39 Å². The van der Waals surface area contributed by atoms with E-state index >= 15 is 0 Å². The summed E-state index contributed by atoms with van der Waals surface area (Å²) >= 11 is 4.89. The van der Waals surface area contributed by atoms with Crippen molar-refractivity contribution >= 4 is 17.2 Å². The van der Waals surface area contributed by atoms with Gasteiger partial charge in [0.1, 0.15) is 10.8 Å². The standard InChI is InChI=1S/C13H18FN3S/c1-16-2-4-17(5-3-16)9-10-6-11(13(15)18)8-12(14)7-10/h6-8H,2-5,9H2,1H3,(H2,15,18). The largest absolute Gasteiger partial charge is 0.389 e. The summed E-state index contributed by atoms with van der Waals surface area (Å²) in [5, 5.41) is 0. The van der Waals surface area contributed by atoms with Crippen LogP contribution in [0.15, 0.2) is 18.2 Å². The average molecular weight is 267 g/mol. The van der Waals surface area contributed by atoms with Gasteiger partial charge < -0.3 is 10.6 Å². The Bertz CT molecular complexity index is 442. The van der Waals surface area contributed by atoms with Crippen LogP contribution in [0.1, 0.15) is 11.1 Å². The van der Waals surface area contributed by atoms with Crippen LogP contribution in [-0.2, 0) is 6.54 Å². The summed E-state index contributed by atoms with van der Waals surface area (Å²) in [6.07, 6.45) is 0. The van der Waals surface area contributed by atoms with Gasteiger partial charge in [-0.3, -0.25) is 4.90 Å². The van der Waals surface area contributed by atoms with Gasteiger partial charge in [0.15, 0.2) is 0 Å². The Kier molecular flexibility index (Phi) is 4.27. The first-order valence-electron chi connectivity index (χ1n) is 6.05. The lowest BCUT2D eigenvalue weighted by Crippen LogP contribution is -2.43. The molecule has 1 aromatic rings. The van der Waals surface area contributed by atoms with Gasteiger partial charge >= 0.3 is 0 Å². The number of thiocarbonyl (C=S) groups is 1. The fourth-order valence-electron chi connectivity index (χ4n) is 2.15. The zero-order valence-electron chi connectivity index (χ0n) is 10.5. The first-order chi connectivity index (χ1) is 8.54. The molecule has 0 radical (unpaired) electrons. The molecule has 0 atom stereocenters. The first kappa shape index (κ1) is 13.4. The molecule has 1 aliphatic rings. The molecule has 2 rings (SSSR count). The molecule has 1 saturated heterocycles. The third kappa shape index (κ3) is 3.48. The minimum absolute atomic E-state index is 0.245. The van der Waals surface area contributed by atoms with Crippen LogP contribution in [-0.4, -0.2) is 48.0 Å². The quantitative estimate of drug-likeness (QED) is 0.834. The van der Waals surface area contributed by atoms with Crippen molar-refractivity contribution in [1.29, 1.82) is 0 Å². The van der Waals surface area contributed by atoms with Gasteiger partial charge in [0, 0.05) is 38.3 Å². The topological polar surface area (TPSA) is 32.5 Å². The van der Waals surface area contributed by atoms with Crippen molar-refractivity contribution in [1.82, 2.24) is 9.80 Å². The summed E-state index contributed by atoms with van der Waals surface area (Å²) < 4.78 is 13.5. The number of nitrogens with two attached hydrogens (primary N) is 1. The van der Waals surface area contributed by atoms with E-state index in [4.69, 9.17) is 18.0 Å². The maximum Gasteiger partial charge on any atom is 0.124 e. The number of piperazine rings is 1. The smallest absolute Gasteiger partial charge is 0.124 e.